The molecule has 0 unspecified atom stereocenters. The highest BCUT2D eigenvalue weighted by atomic mass is 19.2. The summed E-state index contributed by atoms with van der Waals surface area (Å²) in [5.41, 5.74) is 2.16. The van der Waals surface area contributed by atoms with Gasteiger partial charge in [0.25, 0.3) is 5.91 Å². The molecule has 3 aromatic rings. The summed E-state index contributed by atoms with van der Waals surface area (Å²) in [5, 5.41) is 5.88. The number of hydrogen-bond acceptors (Lipinski definition) is 4. The molecule has 7 heteroatoms. The zero-order valence-electron chi connectivity index (χ0n) is 14.5. The van der Waals surface area contributed by atoms with E-state index in [0.717, 1.165) is 17.7 Å². The van der Waals surface area contributed by atoms with E-state index in [1.807, 2.05) is 12.1 Å². The standard InChI is InChI=1S/C20H17F2N3O2/c1-27-19-7-5-15(10-18(19)24-12-13-3-2-8-23-11-13)25-20(26)14-4-6-16(21)17(22)9-14/h2-11,24H,12H2,1H3,(H,25,26). The number of nitrogens with zero attached hydrogens (tertiary/aromatic N) is 1. The number of pyridine rings is 1. The van der Waals surface area contributed by atoms with E-state index in [-0.39, 0.29) is 5.56 Å². The highest BCUT2D eigenvalue weighted by Crippen LogP contribution is 2.28. The summed E-state index contributed by atoms with van der Waals surface area (Å²) in [5.74, 6) is -2.02. The number of rotatable bonds is 6. The van der Waals surface area contributed by atoms with Crippen LogP contribution in [0.4, 0.5) is 20.2 Å². The van der Waals surface area contributed by atoms with Crippen molar-refractivity contribution in [3.63, 3.8) is 0 Å². The highest BCUT2D eigenvalue weighted by molar-refractivity contribution is 6.04. The predicted molar refractivity (Wildman–Crippen MR) is 98.9 cm³/mol. The molecule has 0 aliphatic carbocycles. The van der Waals surface area contributed by atoms with Crippen LogP contribution in [0.5, 0.6) is 5.75 Å². The molecule has 0 spiro atoms. The monoisotopic (exact) mass is 369 g/mol. The average molecular weight is 369 g/mol. The molecule has 0 saturated heterocycles. The lowest BCUT2D eigenvalue weighted by Gasteiger charge is -2.14. The van der Waals surface area contributed by atoms with Crippen LogP contribution < -0.4 is 15.4 Å². The molecule has 27 heavy (non-hydrogen) atoms. The third kappa shape index (κ3) is 4.58. The lowest BCUT2D eigenvalue weighted by Crippen LogP contribution is -2.13. The van der Waals surface area contributed by atoms with Gasteiger partial charge in [0, 0.05) is 30.2 Å². The van der Waals surface area contributed by atoms with Gasteiger partial charge in [0.15, 0.2) is 11.6 Å². The second-order valence-corrected chi connectivity index (χ2v) is 5.71. The van der Waals surface area contributed by atoms with Crippen LogP contribution in [-0.4, -0.2) is 18.0 Å². The number of halogens is 2. The van der Waals surface area contributed by atoms with Crippen LogP contribution in [0.3, 0.4) is 0 Å². The molecule has 138 valence electrons. The van der Waals surface area contributed by atoms with Crippen molar-refractivity contribution in [1.29, 1.82) is 0 Å². The van der Waals surface area contributed by atoms with Crippen LogP contribution in [0.15, 0.2) is 60.9 Å². The van der Waals surface area contributed by atoms with Gasteiger partial charge in [0.05, 0.1) is 12.8 Å². The zero-order valence-corrected chi connectivity index (χ0v) is 14.5. The number of aromatic nitrogens is 1. The van der Waals surface area contributed by atoms with Gasteiger partial charge in [0.2, 0.25) is 0 Å². The van der Waals surface area contributed by atoms with Gasteiger partial charge in [-0.15, -0.1) is 0 Å². The molecule has 5 nitrogen and oxygen atoms in total. The molecular formula is C20H17F2N3O2. The molecule has 0 aliphatic rings. The fraction of sp³-hybridized carbons (Fsp3) is 0.100. The number of hydrogen-bond donors (Lipinski definition) is 2. The Hall–Kier alpha value is -3.48. The summed E-state index contributed by atoms with van der Waals surface area (Å²) < 4.78 is 31.7. The molecule has 1 heterocycles. The van der Waals surface area contributed by atoms with Crippen molar-refractivity contribution in [3.8, 4) is 5.75 Å². The smallest absolute Gasteiger partial charge is 0.255 e. The Balaban J connectivity index is 1.75. The average Bonchev–Trinajstić information content (AvgIpc) is 2.69. The first-order valence-corrected chi connectivity index (χ1v) is 8.14. The molecule has 0 saturated carbocycles. The number of carbonyl (C=O) groups is 1. The number of amides is 1. The molecular weight excluding hydrogens is 352 g/mol. The number of carbonyl (C=O) groups excluding carboxylic acids is 1. The second kappa shape index (κ2) is 8.27. The lowest BCUT2D eigenvalue weighted by atomic mass is 10.2. The van der Waals surface area contributed by atoms with Crippen molar-refractivity contribution in [3.05, 3.63) is 83.7 Å². The Morgan fingerprint density at radius 1 is 1.11 bits per heavy atom. The van der Waals surface area contributed by atoms with E-state index in [4.69, 9.17) is 4.74 Å². The minimum atomic E-state index is -1.07. The Labute approximate surface area is 155 Å². The fourth-order valence-corrected chi connectivity index (χ4v) is 2.46. The quantitative estimate of drug-likeness (QED) is 0.682. The summed E-state index contributed by atoms with van der Waals surface area (Å²) in [6, 6.07) is 11.8. The van der Waals surface area contributed by atoms with Crippen molar-refractivity contribution in [2.24, 2.45) is 0 Å². The summed E-state index contributed by atoms with van der Waals surface area (Å²) in [6.07, 6.45) is 3.44. The number of anilines is 2. The van der Waals surface area contributed by atoms with E-state index >= 15 is 0 Å². The number of nitrogens with one attached hydrogen (secondary N) is 2. The number of methoxy groups -OCH3 is 1. The molecule has 3 rings (SSSR count). The van der Waals surface area contributed by atoms with E-state index in [0.29, 0.717) is 23.7 Å². The van der Waals surface area contributed by atoms with Gasteiger partial charge in [-0.3, -0.25) is 9.78 Å². The van der Waals surface area contributed by atoms with Crippen molar-refractivity contribution >= 4 is 17.3 Å². The largest absolute Gasteiger partial charge is 0.495 e. The third-order valence-electron chi connectivity index (χ3n) is 3.84. The topological polar surface area (TPSA) is 63.2 Å². The first-order valence-electron chi connectivity index (χ1n) is 8.14. The fourth-order valence-electron chi connectivity index (χ4n) is 2.46. The van der Waals surface area contributed by atoms with Crippen molar-refractivity contribution in [1.82, 2.24) is 4.98 Å². The van der Waals surface area contributed by atoms with Crippen molar-refractivity contribution < 1.29 is 18.3 Å². The van der Waals surface area contributed by atoms with E-state index in [1.165, 1.54) is 6.07 Å². The van der Waals surface area contributed by atoms with Crippen LogP contribution in [0.2, 0.25) is 0 Å². The van der Waals surface area contributed by atoms with Gasteiger partial charge in [-0.05, 0) is 48.0 Å². The molecule has 2 aromatic carbocycles. The van der Waals surface area contributed by atoms with Crippen LogP contribution in [0.1, 0.15) is 15.9 Å². The molecule has 2 N–H and O–H groups in total. The van der Waals surface area contributed by atoms with Crippen LogP contribution in [0.25, 0.3) is 0 Å². The van der Waals surface area contributed by atoms with Gasteiger partial charge in [-0.25, -0.2) is 8.78 Å². The van der Waals surface area contributed by atoms with Gasteiger partial charge in [0.1, 0.15) is 5.75 Å². The summed E-state index contributed by atoms with van der Waals surface area (Å²) >= 11 is 0. The number of benzene rings is 2. The molecule has 0 atom stereocenters. The zero-order chi connectivity index (χ0) is 19.2. The summed E-state index contributed by atoms with van der Waals surface area (Å²) in [6.45, 7) is 0.519. The van der Waals surface area contributed by atoms with E-state index in [1.54, 1.807) is 37.7 Å². The maximum Gasteiger partial charge on any atom is 0.255 e. The van der Waals surface area contributed by atoms with E-state index in [2.05, 4.69) is 15.6 Å². The molecule has 0 fully saturated rings. The Kier molecular flexibility index (Phi) is 5.61. The van der Waals surface area contributed by atoms with Crippen LogP contribution in [-0.2, 0) is 6.54 Å². The first kappa shape index (κ1) is 18.3. The van der Waals surface area contributed by atoms with Crippen LogP contribution in [0, 0.1) is 11.6 Å². The van der Waals surface area contributed by atoms with Gasteiger partial charge < -0.3 is 15.4 Å². The second-order valence-electron chi connectivity index (χ2n) is 5.71. The minimum Gasteiger partial charge on any atom is -0.495 e. The summed E-state index contributed by atoms with van der Waals surface area (Å²) in [7, 11) is 1.55. The number of ether oxygens (including phenoxy) is 1. The first-order chi connectivity index (χ1) is 13.1. The summed E-state index contributed by atoms with van der Waals surface area (Å²) in [4.78, 5) is 16.3. The Morgan fingerprint density at radius 2 is 1.96 bits per heavy atom. The Morgan fingerprint density at radius 3 is 2.67 bits per heavy atom. The SMILES string of the molecule is COc1ccc(NC(=O)c2ccc(F)c(F)c2)cc1NCc1cccnc1. The minimum absolute atomic E-state index is 0.0228. The molecule has 0 aliphatic heterocycles. The third-order valence-corrected chi connectivity index (χ3v) is 3.84. The lowest BCUT2D eigenvalue weighted by molar-refractivity contribution is 0.102. The van der Waals surface area contributed by atoms with E-state index in [9.17, 15) is 13.6 Å². The van der Waals surface area contributed by atoms with E-state index < -0.39 is 17.5 Å². The molecule has 1 amide bonds. The normalized spacial score (nSPS) is 10.3. The van der Waals surface area contributed by atoms with Gasteiger partial charge in [-0.1, -0.05) is 6.07 Å². The van der Waals surface area contributed by atoms with Gasteiger partial charge >= 0.3 is 0 Å². The Bertz CT molecular complexity index is 949. The van der Waals surface area contributed by atoms with Crippen molar-refractivity contribution in [2.45, 2.75) is 6.54 Å². The molecule has 1 aromatic heterocycles. The molecule has 0 radical (unpaired) electrons. The van der Waals surface area contributed by atoms with Crippen molar-refractivity contribution in [2.75, 3.05) is 17.7 Å². The highest BCUT2D eigenvalue weighted by Gasteiger charge is 2.11. The maximum absolute atomic E-state index is 13.3. The van der Waals surface area contributed by atoms with Gasteiger partial charge in [-0.2, -0.15) is 0 Å². The maximum atomic E-state index is 13.3. The molecule has 0 bridgehead atoms. The van der Waals surface area contributed by atoms with Crippen LogP contribution >= 0.6 is 0 Å². The predicted octanol–water partition coefficient (Wildman–Crippen LogP) is 4.23.